The zero-order valence-electron chi connectivity index (χ0n) is 14.2. The summed E-state index contributed by atoms with van der Waals surface area (Å²) in [4.78, 5) is 23.1. The molecule has 0 aliphatic heterocycles. The largest absolute Gasteiger partial charge is 0.504 e. The number of phenols is 1. The second kappa shape index (κ2) is 7.30. The molecule has 26 heavy (non-hydrogen) atoms. The monoisotopic (exact) mass is 357 g/mol. The average Bonchev–Trinajstić information content (AvgIpc) is 3.45. The Morgan fingerprint density at radius 1 is 1.31 bits per heavy atom. The number of ether oxygens (including phenoxy) is 1. The highest BCUT2D eigenvalue weighted by molar-refractivity contribution is 5.95. The van der Waals surface area contributed by atoms with E-state index in [9.17, 15) is 20.0 Å². The van der Waals surface area contributed by atoms with Crippen LogP contribution >= 0.6 is 0 Å². The highest BCUT2D eigenvalue weighted by Gasteiger charge is 2.25. The summed E-state index contributed by atoms with van der Waals surface area (Å²) in [6.45, 7) is 0.200. The van der Waals surface area contributed by atoms with Crippen LogP contribution in [0.25, 0.3) is 0 Å². The molecule has 1 aliphatic rings. The number of carbonyl (C=O) groups is 1. The van der Waals surface area contributed by atoms with Gasteiger partial charge in [-0.25, -0.2) is 0 Å². The van der Waals surface area contributed by atoms with Crippen LogP contribution < -0.4 is 15.4 Å². The fourth-order valence-corrected chi connectivity index (χ4v) is 2.51. The Bertz CT molecular complexity index is 849. The van der Waals surface area contributed by atoms with Gasteiger partial charge in [0.05, 0.1) is 12.0 Å². The van der Waals surface area contributed by atoms with Crippen molar-refractivity contribution in [3.05, 3.63) is 57.6 Å². The van der Waals surface area contributed by atoms with Gasteiger partial charge in [-0.2, -0.15) is 0 Å². The number of methoxy groups -OCH3 is 1. The summed E-state index contributed by atoms with van der Waals surface area (Å²) >= 11 is 0. The Morgan fingerprint density at radius 3 is 2.73 bits per heavy atom. The minimum Gasteiger partial charge on any atom is -0.504 e. The van der Waals surface area contributed by atoms with E-state index >= 15 is 0 Å². The number of hydrogen-bond acceptors (Lipinski definition) is 6. The molecule has 0 radical (unpaired) electrons. The number of benzene rings is 2. The smallest absolute Gasteiger partial charge is 0.293 e. The van der Waals surface area contributed by atoms with E-state index in [1.165, 1.54) is 19.2 Å². The molecule has 0 aromatic heterocycles. The molecule has 8 heteroatoms. The molecule has 1 aliphatic carbocycles. The predicted octanol–water partition coefficient (Wildman–Crippen LogP) is 2.81. The lowest BCUT2D eigenvalue weighted by Gasteiger charge is -2.10. The summed E-state index contributed by atoms with van der Waals surface area (Å²) in [6, 6.07) is 9.42. The van der Waals surface area contributed by atoms with Crippen molar-refractivity contribution < 1.29 is 19.6 Å². The molecule has 2 aromatic carbocycles. The van der Waals surface area contributed by atoms with Crippen molar-refractivity contribution in [3.8, 4) is 11.5 Å². The summed E-state index contributed by atoms with van der Waals surface area (Å²) in [7, 11) is 1.44. The normalized spacial score (nSPS) is 13.1. The Balaban J connectivity index is 1.71. The molecule has 136 valence electrons. The van der Waals surface area contributed by atoms with E-state index in [-0.39, 0.29) is 29.6 Å². The van der Waals surface area contributed by atoms with Crippen LogP contribution in [-0.2, 0) is 6.54 Å². The van der Waals surface area contributed by atoms with Crippen molar-refractivity contribution in [3.63, 3.8) is 0 Å². The molecule has 3 N–H and O–H groups in total. The highest BCUT2D eigenvalue weighted by Crippen LogP contribution is 2.31. The Labute approximate surface area is 149 Å². The first-order chi connectivity index (χ1) is 12.5. The van der Waals surface area contributed by atoms with Crippen LogP contribution in [0.3, 0.4) is 0 Å². The molecule has 8 nitrogen and oxygen atoms in total. The molecule has 0 bridgehead atoms. The summed E-state index contributed by atoms with van der Waals surface area (Å²) < 4.78 is 5.02. The topological polar surface area (TPSA) is 114 Å². The van der Waals surface area contributed by atoms with Crippen molar-refractivity contribution in [1.82, 2.24) is 5.32 Å². The predicted molar refractivity (Wildman–Crippen MR) is 95.6 cm³/mol. The van der Waals surface area contributed by atoms with Gasteiger partial charge in [-0.1, -0.05) is 6.07 Å². The van der Waals surface area contributed by atoms with Crippen molar-refractivity contribution in [2.75, 3.05) is 12.4 Å². The van der Waals surface area contributed by atoms with Crippen LogP contribution in [0.2, 0.25) is 0 Å². The lowest BCUT2D eigenvalue weighted by Crippen LogP contribution is -2.23. The number of carbonyl (C=O) groups excluding carboxylic acids is 1. The van der Waals surface area contributed by atoms with Gasteiger partial charge in [0, 0.05) is 24.2 Å². The number of rotatable bonds is 7. The highest BCUT2D eigenvalue weighted by atomic mass is 16.6. The van der Waals surface area contributed by atoms with E-state index < -0.39 is 10.8 Å². The molecule has 0 atom stereocenters. The van der Waals surface area contributed by atoms with E-state index in [1.807, 2.05) is 0 Å². The molecule has 2 aromatic rings. The van der Waals surface area contributed by atoms with E-state index in [1.54, 1.807) is 24.3 Å². The second-order valence-electron chi connectivity index (χ2n) is 6.10. The van der Waals surface area contributed by atoms with Gasteiger partial charge in [0.25, 0.3) is 11.6 Å². The first kappa shape index (κ1) is 17.5. The number of nitrogens with one attached hydrogen (secondary N) is 2. The number of hydrogen-bond donors (Lipinski definition) is 3. The SMILES string of the molecule is COc1cc(CNC(=O)c2ccc(NC3CC3)c([N+](=O)[O-])c2)ccc1O. The number of anilines is 1. The van der Waals surface area contributed by atoms with Crippen LogP contribution in [0, 0.1) is 10.1 Å². The maximum Gasteiger partial charge on any atom is 0.293 e. The van der Waals surface area contributed by atoms with Crippen molar-refractivity contribution in [2.45, 2.75) is 25.4 Å². The zero-order chi connectivity index (χ0) is 18.7. The number of amides is 1. The zero-order valence-corrected chi connectivity index (χ0v) is 14.2. The van der Waals surface area contributed by atoms with Gasteiger partial charge in [-0.05, 0) is 42.7 Å². The summed E-state index contributed by atoms with van der Waals surface area (Å²) in [5, 5.41) is 26.7. The van der Waals surface area contributed by atoms with E-state index in [0.29, 0.717) is 11.4 Å². The summed E-state index contributed by atoms with van der Waals surface area (Å²) in [6.07, 6.45) is 1.99. The first-order valence-corrected chi connectivity index (χ1v) is 8.17. The molecule has 0 heterocycles. The number of aromatic hydroxyl groups is 1. The van der Waals surface area contributed by atoms with Crippen LogP contribution in [0.4, 0.5) is 11.4 Å². The molecule has 0 saturated heterocycles. The van der Waals surface area contributed by atoms with Gasteiger partial charge < -0.3 is 20.5 Å². The first-order valence-electron chi connectivity index (χ1n) is 8.17. The number of nitro groups is 1. The lowest BCUT2D eigenvalue weighted by molar-refractivity contribution is -0.384. The Morgan fingerprint density at radius 2 is 2.08 bits per heavy atom. The van der Waals surface area contributed by atoms with Gasteiger partial charge in [0.1, 0.15) is 5.69 Å². The van der Waals surface area contributed by atoms with Crippen LogP contribution in [-0.4, -0.2) is 29.1 Å². The van der Waals surface area contributed by atoms with Gasteiger partial charge >= 0.3 is 0 Å². The van der Waals surface area contributed by atoms with Gasteiger partial charge in [-0.3, -0.25) is 14.9 Å². The van der Waals surface area contributed by atoms with E-state index in [0.717, 1.165) is 18.4 Å². The number of phenolic OH excluding ortho intramolecular Hbond substituents is 1. The molecular weight excluding hydrogens is 338 g/mol. The minimum atomic E-state index is -0.494. The van der Waals surface area contributed by atoms with Crippen LogP contribution in [0.1, 0.15) is 28.8 Å². The molecule has 1 saturated carbocycles. The van der Waals surface area contributed by atoms with E-state index in [2.05, 4.69) is 10.6 Å². The molecule has 3 rings (SSSR count). The van der Waals surface area contributed by atoms with Gasteiger partial charge in [-0.15, -0.1) is 0 Å². The quantitative estimate of drug-likeness (QED) is 0.519. The summed E-state index contributed by atoms with van der Waals surface area (Å²) in [5.74, 6) is -0.0991. The third kappa shape index (κ3) is 4.02. The average molecular weight is 357 g/mol. The molecule has 1 fully saturated rings. The van der Waals surface area contributed by atoms with Crippen LogP contribution in [0.5, 0.6) is 11.5 Å². The molecular formula is C18H19N3O5. The number of nitrogens with zero attached hydrogens (tertiary/aromatic N) is 1. The second-order valence-corrected chi connectivity index (χ2v) is 6.10. The maximum absolute atomic E-state index is 12.3. The third-order valence-corrected chi connectivity index (χ3v) is 4.09. The molecule has 0 spiro atoms. The van der Waals surface area contributed by atoms with Crippen molar-refractivity contribution >= 4 is 17.3 Å². The Kier molecular flexibility index (Phi) is 4.92. The molecule has 1 amide bonds. The fourth-order valence-electron chi connectivity index (χ4n) is 2.51. The van der Waals surface area contributed by atoms with Crippen molar-refractivity contribution in [1.29, 1.82) is 0 Å². The van der Waals surface area contributed by atoms with E-state index in [4.69, 9.17) is 4.74 Å². The number of nitro benzene ring substituents is 1. The van der Waals surface area contributed by atoms with Gasteiger partial charge in [0.2, 0.25) is 0 Å². The minimum absolute atomic E-state index is 0.0111. The lowest BCUT2D eigenvalue weighted by atomic mass is 10.1. The van der Waals surface area contributed by atoms with Crippen molar-refractivity contribution in [2.24, 2.45) is 0 Å². The van der Waals surface area contributed by atoms with Gasteiger partial charge in [0.15, 0.2) is 11.5 Å². The standard InChI is InChI=1S/C18H19N3O5/c1-26-17-8-11(2-7-16(17)22)10-19-18(23)12-3-6-14(20-13-4-5-13)15(9-12)21(24)25/h2-3,6-9,13,20,22H,4-5,10H2,1H3,(H,19,23). The maximum atomic E-state index is 12.3. The third-order valence-electron chi connectivity index (χ3n) is 4.09. The van der Waals surface area contributed by atoms with Crippen LogP contribution in [0.15, 0.2) is 36.4 Å². The Hall–Kier alpha value is -3.29. The summed E-state index contributed by atoms with van der Waals surface area (Å²) in [5.41, 5.74) is 1.26. The fraction of sp³-hybridized carbons (Fsp3) is 0.278. The molecule has 0 unspecified atom stereocenters.